The number of methoxy groups -OCH3 is 1. The van der Waals surface area contributed by atoms with Gasteiger partial charge in [-0.15, -0.1) is 0 Å². The van der Waals surface area contributed by atoms with Gasteiger partial charge in [0.1, 0.15) is 17.3 Å². The zero-order valence-corrected chi connectivity index (χ0v) is 16.4. The molecule has 29 heavy (non-hydrogen) atoms. The average Bonchev–Trinajstić information content (AvgIpc) is 3.21. The molecule has 1 aliphatic rings. The summed E-state index contributed by atoms with van der Waals surface area (Å²) in [7, 11) is 1.61. The lowest BCUT2D eigenvalue weighted by atomic mass is 9.95. The number of benzene rings is 2. The average molecular weight is 393 g/mol. The lowest BCUT2D eigenvalue weighted by Crippen LogP contribution is -2.37. The van der Waals surface area contributed by atoms with Crippen molar-refractivity contribution < 1.29 is 13.9 Å². The number of ether oxygens (including phenoxy) is 1. The number of rotatable bonds is 5. The fourth-order valence-corrected chi connectivity index (χ4v) is 3.73. The van der Waals surface area contributed by atoms with Gasteiger partial charge < -0.3 is 10.1 Å². The Kier molecular flexibility index (Phi) is 5.60. The van der Waals surface area contributed by atoms with Gasteiger partial charge in [0.25, 0.3) is 5.91 Å². The number of hydrogen-bond acceptors (Lipinski definition) is 3. The summed E-state index contributed by atoms with van der Waals surface area (Å²) in [5, 5.41) is 7.80. The standard InChI is InChI=1S/C23H24FN3O2/c1-29-20-13-11-19(12-14-20)27-22(23(28)25-18-5-3-2-4-6-18)15-21(26-27)16-7-9-17(24)10-8-16/h7-15,18H,2-6H2,1H3,(H,25,28). The summed E-state index contributed by atoms with van der Waals surface area (Å²) < 4.78 is 20.2. The van der Waals surface area contributed by atoms with E-state index in [1.165, 1.54) is 18.6 Å². The molecule has 3 aromatic rings. The van der Waals surface area contributed by atoms with Crippen LogP contribution in [0, 0.1) is 5.82 Å². The van der Waals surface area contributed by atoms with Gasteiger partial charge >= 0.3 is 0 Å². The Labute approximate surface area is 169 Å². The zero-order valence-electron chi connectivity index (χ0n) is 16.4. The molecule has 1 N–H and O–H groups in total. The molecule has 1 saturated carbocycles. The van der Waals surface area contributed by atoms with Crippen LogP contribution < -0.4 is 10.1 Å². The lowest BCUT2D eigenvalue weighted by molar-refractivity contribution is 0.0920. The van der Waals surface area contributed by atoms with Gasteiger partial charge in [-0.25, -0.2) is 9.07 Å². The lowest BCUT2D eigenvalue weighted by Gasteiger charge is -2.22. The topological polar surface area (TPSA) is 56.2 Å². The maximum Gasteiger partial charge on any atom is 0.270 e. The molecule has 0 radical (unpaired) electrons. The molecule has 1 fully saturated rings. The summed E-state index contributed by atoms with van der Waals surface area (Å²) in [6.07, 6.45) is 5.53. The molecule has 0 saturated heterocycles. The number of carbonyl (C=O) groups excluding carboxylic acids is 1. The molecule has 1 aromatic heterocycles. The van der Waals surface area contributed by atoms with Crippen LogP contribution >= 0.6 is 0 Å². The highest BCUT2D eigenvalue weighted by Crippen LogP contribution is 2.24. The van der Waals surface area contributed by atoms with E-state index in [-0.39, 0.29) is 17.8 Å². The first kappa shape index (κ1) is 19.2. The molecule has 1 amide bonds. The largest absolute Gasteiger partial charge is 0.497 e. The molecule has 0 bridgehead atoms. The predicted molar refractivity (Wildman–Crippen MR) is 110 cm³/mol. The van der Waals surface area contributed by atoms with E-state index >= 15 is 0 Å². The third kappa shape index (κ3) is 4.31. The fraction of sp³-hybridized carbons (Fsp3) is 0.304. The van der Waals surface area contributed by atoms with E-state index < -0.39 is 0 Å². The second kappa shape index (κ2) is 8.47. The molecule has 6 heteroatoms. The van der Waals surface area contributed by atoms with E-state index in [1.54, 1.807) is 30.0 Å². The van der Waals surface area contributed by atoms with Crippen LogP contribution in [-0.4, -0.2) is 28.8 Å². The number of carbonyl (C=O) groups is 1. The first-order valence-corrected chi connectivity index (χ1v) is 9.95. The highest BCUT2D eigenvalue weighted by atomic mass is 19.1. The zero-order chi connectivity index (χ0) is 20.2. The number of nitrogens with one attached hydrogen (secondary N) is 1. The van der Waals surface area contributed by atoms with Crippen LogP contribution in [0.4, 0.5) is 4.39 Å². The number of hydrogen-bond donors (Lipinski definition) is 1. The Morgan fingerprint density at radius 3 is 2.41 bits per heavy atom. The van der Waals surface area contributed by atoms with Crippen LogP contribution in [0.15, 0.2) is 54.6 Å². The minimum absolute atomic E-state index is 0.145. The van der Waals surface area contributed by atoms with E-state index in [2.05, 4.69) is 10.4 Å². The van der Waals surface area contributed by atoms with Crippen molar-refractivity contribution in [1.29, 1.82) is 0 Å². The molecule has 0 aliphatic heterocycles. The highest BCUT2D eigenvalue weighted by molar-refractivity contribution is 5.94. The quantitative estimate of drug-likeness (QED) is 0.681. The van der Waals surface area contributed by atoms with Crippen LogP contribution in [0.5, 0.6) is 5.75 Å². The number of nitrogens with zero attached hydrogens (tertiary/aromatic N) is 2. The van der Waals surface area contributed by atoms with Gasteiger partial charge in [0.05, 0.1) is 18.5 Å². The van der Waals surface area contributed by atoms with Crippen LogP contribution in [0.2, 0.25) is 0 Å². The molecular weight excluding hydrogens is 369 g/mol. The minimum atomic E-state index is -0.307. The van der Waals surface area contributed by atoms with Gasteiger partial charge in [0.2, 0.25) is 0 Å². The first-order valence-electron chi connectivity index (χ1n) is 9.95. The Balaban J connectivity index is 1.70. The molecule has 2 aromatic carbocycles. The third-order valence-corrected chi connectivity index (χ3v) is 5.34. The van der Waals surface area contributed by atoms with Gasteiger partial charge in [-0.3, -0.25) is 4.79 Å². The molecule has 1 heterocycles. The second-order valence-electron chi connectivity index (χ2n) is 7.34. The van der Waals surface area contributed by atoms with Crippen molar-refractivity contribution in [3.63, 3.8) is 0 Å². The maximum absolute atomic E-state index is 13.3. The molecule has 1 aliphatic carbocycles. The van der Waals surface area contributed by atoms with Gasteiger partial charge in [-0.05, 0) is 67.4 Å². The van der Waals surface area contributed by atoms with Crippen LogP contribution in [0.3, 0.4) is 0 Å². The minimum Gasteiger partial charge on any atom is -0.497 e. The highest BCUT2D eigenvalue weighted by Gasteiger charge is 2.22. The number of aromatic nitrogens is 2. The molecule has 5 nitrogen and oxygen atoms in total. The first-order chi connectivity index (χ1) is 14.1. The van der Waals surface area contributed by atoms with E-state index in [4.69, 9.17) is 4.74 Å². The third-order valence-electron chi connectivity index (χ3n) is 5.34. The maximum atomic E-state index is 13.3. The van der Waals surface area contributed by atoms with Crippen LogP contribution in [-0.2, 0) is 0 Å². The Bertz CT molecular complexity index is 974. The van der Waals surface area contributed by atoms with E-state index in [0.29, 0.717) is 11.4 Å². The molecule has 0 unspecified atom stereocenters. The van der Waals surface area contributed by atoms with Gasteiger partial charge in [0.15, 0.2) is 0 Å². The molecule has 0 atom stereocenters. The van der Waals surface area contributed by atoms with Gasteiger partial charge in [-0.1, -0.05) is 19.3 Å². The smallest absolute Gasteiger partial charge is 0.270 e. The summed E-state index contributed by atoms with van der Waals surface area (Å²) in [4.78, 5) is 13.1. The fourth-order valence-electron chi connectivity index (χ4n) is 3.73. The molecule has 150 valence electrons. The Morgan fingerprint density at radius 2 is 1.76 bits per heavy atom. The summed E-state index contributed by atoms with van der Waals surface area (Å²) in [5.74, 6) is 0.278. The van der Waals surface area contributed by atoms with Crippen molar-refractivity contribution in [3.8, 4) is 22.7 Å². The van der Waals surface area contributed by atoms with Crippen molar-refractivity contribution in [2.24, 2.45) is 0 Å². The number of amides is 1. The molecule has 0 spiro atoms. The van der Waals surface area contributed by atoms with E-state index in [0.717, 1.165) is 42.7 Å². The Hall–Kier alpha value is -3.15. The summed E-state index contributed by atoms with van der Waals surface area (Å²) >= 11 is 0. The van der Waals surface area contributed by atoms with Crippen molar-refractivity contribution in [3.05, 3.63) is 66.1 Å². The monoisotopic (exact) mass is 393 g/mol. The van der Waals surface area contributed by atoms with Crippen molar-refractivity contribution in [2.75, 3.05) is 7.11 Å². The van der Waals surface area contributed by atoms with Crippen molar-refractivity contribution >= 4 is 5.91 Å². The summed E-state index contributed by atoms with van der Waals surface area (Å²) in [6.45, 7) is 0. The van der Waals surface area contributed by atoms with Crippen LogP contribution in [0.25, 0.3) is 16.9 Å². The van der Waals surface area contributed by atoms with Crippen molar-refractivity contribution in [1.82, 2.24) is 15.1 Å². The van der Waals surface area contributed by atoms with Crippen molar-refractivity contribution in [2.45, 2.75) is 38.1 Å². The molecular formula is C23H24FN3O2. The van der Waals surface area contributed by atoms with Gasteiger partial charge in [0, 0.05) is 11.6 Å². The van der Waals surface area contributed by atoms with Gasteiger partial charge in [-0.2, -0.15) is 5.10 Å². The van der Waals surface area contributed by atoms with E-state index in [1.807, 2.05) is 24.3 Å². The van der Waals surface area contributed by atoms with E-state index in [9.17, 15) is 9.18 Å². The Morgan fingerprint density at radius 1 is 1.07 bits per heavy atom. The predicted octanol–water partition coefficient (Wildman–Crippen LogP) is 4.75. The number of halogens is 1. The SMILES string of the molecule is COc1ccc(-n2nc(-c3ccc(F)cc3)cc2C(=O)NC2CCCCC2)cc1. The second-order valence-corrected chi connectivity index (χ2v) is 7.34. The molecule has 4 rings (SSSR count). The van der Waals surface area contributed by atoms with Crippen LogP contribution in [0.1, 0.15) is 42.6 Å². The normalized spacial score (nSPS) is 14.6. The summed E-state index contributed by atoms with van der Waals surface area (Å²) in [6, 6.07) is 15.5. The summed E-state index contributed by atoms with van der Waals surface area (Å²) in [5.41, 5.74) is 2.59.